The number of allylic oxidation sites excluding steroid dienone is 1. The predicted octanol–water partition coefficient (Wildman–Crippen LogP) is 3.63. The number of hydrazone groups is 1. The van der Waals surface area contributed by atoms with E-state index in [2.05, 4.69) is 21.7 Å². The van der Waals surface area contributed by atoms with E-state index in [4.69, 9.17) is 0 Å². The highest BCUT2D eigenvalue weighted by Gasteiger charge is 2.08. The zero-order valence-electron chi connectivity index (χ0n) is 18.9. The van der Waals surface area contributed by atoms with Gasteiger partial charge in [0.05, 0.1) is 0 Å². The molecule has 1 N–H and O–H groups in total. The molecule has 1 amide bonds. The number of carbonyl (C=O) groups is 2. The zero-order chi connectivity index (χ0) is 23.9. The van der Waals surface area contributed by atoms with Gasteiger partial charge in [-0.05, 0) is 37.1 Å². The van der Waals surface area contributed by atoms with Crippen molar-refractivity contribution in [1.29, 1.82) is 0 Å². The Kier molecular flexibility index (Phi) is 11.4. The van der Waals surface area contributed by atoms with Crippen LogP contribution in [0.3, 0.4) is 0 Å². The first kappa shape index (κ1) is 26.0. The van der Waals surface area contributed by atoms with E-state index in [-0.39, 0.29) is 6.61 Å². The van der Waals surface area contributed by atoms with Gasteiger partial charge in [0.1, 0.15) is 19.6 Å². The molecule has 0 saturated heterocycles. The van der Waals surface area contributed by atoms with Gasteiger partial charge in [0.15, 0.2) is 7.05 Å². The number of carbonyl (C=O) groups excluding carboxylic acids is 2. The molecule has 0 radical (unpaired) electrons. The van der Waals surface area contributed by atoms with Crippen molar-refractivity contribution in [3.63, 3.8) is 0 Å². The molecule has 1 aliphatic rings. The van der Waals surface area contributed by atoms with Crippen molar-refractivity contribution in [3.05, 3.63) is 76.8 Å². The molecule has 9 heteroatoms. The van der Waals surface area contributed by atoms with Crippen LogP contribution in [-0.4, -0.2) is 54.7 Å². The Balaban J connectivity index is 0.000000250. The fourth-order valence-corrected chi connectivity index (χ4v) is 2.43. The Labute approximate surface area is 188 Å². The topological polar surface area (TPSA) is 94.3 Å². The van der Waals surface area contributed by atoms with Gasteiger partial charge in [-0.3, -0.25) is 9.59 Å². The third kappa shape index (κ3) is 9.66. The van der Waals surface area contributed by atoms with Crippen LogP contribution in [0.15, 0.2) is 65.9 Å². The normalized spacial score (nSPS) is 11.4. The quantitative estimate of drug-likeness (QED) is 0.522. The number of ether oxygens (including phenoxy) is 1. The number of anilines is 1. The molecule has 170 valence electrons. The maximum atomic E-state index is 10.6. The Morgan fingerprint density at radius 2 is 1.94 bits per heavy atom. The summed E-state index contributed by atoms with van der Waals surface area (Å²) in [6.07, 6.45) is 2.41. The number of hydrogen-bond acceptors (Lipinski definition) is 7. The lowest BCUT2D eigenvalue weighted by molar-refractivity contribution is -0.428. The molecule has 9 nitrogen and oxygen atoms in total. The number of nitroso groups, excluding NO2 is 1. The largest absolute Gasteiger partial charge is 0.463 e. The first-order valence-corrected chi connectivity index (χ1v) is 9.76. The van der Waals surface area contributed by atoms with Crippen LogP contribution >= 0.6 is 0 Å². The second-order valence-corrected chi connectivity index (χ2v) is 6.91. The molecule has 1 aliphatic heterocycles. The van der Waals surface area contributed by atoms with Crippen molar-refractivity contribution in [1.82, 2.24) is 9.91 Å². The second kappa shape index (κ2) is 14.1. The summed E-state index contributed by atoms with van der Waals surface area (Å²) in [4.78, 5) is 32.7. The van der Waals surface area contributed by atoms with Crippen LogP contribution in [0.2, 0.25) is 0 Å². The summed E-state index contributed by atoms with van der Waals surface area (Å²) < 4.78 is 5.46. The fourth-order valence-electron chi connectivity index (χ4n) is 2.43. The summed E-state index contributed by atoms with van der Waals surface area (Å²) in [6, 6.07) is 14.5. The maximum Gasteiger partial charge on any atom is 0.293 e. The van der Waals surface area contributed by atoms with Gasteiger partial charge in [0.25, 0.3) is 12.2 Å². The summed E-state index contributed by atoms with van der Waals surface area (Å²) in [6.45, 7) is 9.09. The molecule has 32 heavy (non-hydrogen) atoms. The van der Waals surface area contributed by atoms with Crippen molar-refractivity contribution >= 4 is 30.6 Å². The SMILES string of the molecule is C=C(C)N1CN(C)C=N1.C[N+](=O)c1ccccc1.Cc1cc(NC=O)ccc1COC=O. The highest BCUT2D eigenvalue weighted by molar-refractivity contribution is 5.71. The minimum absolute atomic E-state index is 0.261. The van der Waals surface area contributed by atoms with Gasteiger partial charge < -0.3 is 15.0 Å². The molecular formula is C23H30N5O4+. The van der Waals surface area contributed by atoms with Crippen LogP contribution in [0.25, 0.3) is 0 Å². The van der Waals surface area contributed by atoms with Crippen LogP contribution in [0.5, 0.6) is 0 Å². The van der Waals surface area contributed by atoms with E-state index in [1.165, 1.54) is 7.05 Å². The number of nitrogens with one attached hydrogen (secondary N) is 1. The van der Waals surface area contributed by atoms with E-state index in [1.54, 1.807) is 24.5 Å². The van der Waals surface area contributed by atoms with Crippen molar-refractivity contribution in [2.24, 2.45) is 5.10 Å². The van der Waals surface area contributed by atoms with Gasteiger partial charge in [-0.25, -0.2) is 5.01 Å². The Morgan fingerprint density at radius 1 is 1.25 bits per heavy atom. The van der Waals surface area contributed by atoms with Gasteiger partial charge in [-0.2, -0.15) is 5.10 Å². The molecule has 3 rings (SSSR count). The highest BCUT2D eigenvalue weighted by Crippen LogP contribution is 2.15. The predicted molar refractivity (Wildman–Crippen MR) is 125 cm³/mol. The smallest absolute Gasteiger partial charge is 0.293 e. The zero-order valence-corrected chi connectivity index (χ0v) is 18.9. The lowest BCUT2D eigenvalue weighted by Gasteiger charge is -2.14. The molecule has 1 heterocycles. The molecule has 2 aromatic carbocycles. The summed E-state index contributed by atoms with van der Waals surface area (Å²) in [5.41, 5.74) is 4.30. The van der Waals surface area contributed by atoms with Crippen LogP contribution in [0.1, 0.15) is 18.1 Å². The van der Waals surface area contributed by atoms with E-state index in [0.29, 0.717) is 18.6 Å². The van der Waals surface area contributed by atoms with Crippen LogP contribution < -0.4 is 5.32 Å². The minimum Gasteiger partial charge on any atom is -0.463 e. The molecule has 2 aromatic rings. The monoisotopic (exact) mass is 440 g/mol. The summed E-state index contributed by atoms with van der Waals surface area (Å²) in [5, 5.41) is 8.44. The molecule has 0 spiro atoms. The molecule has 0 fully saturated rings. The number of hydrogen-bond donors (Lipinski definition) is 1. The van der Waals surface area contributed by atoms with E-state index in [9.17, 15) is 14.5 Å². The molecule has 0 atom stereocenters. The van der Waals surface area contributed by atoms with Crippen LogP contribution in [0.4, 0.5) is 11.4 Å². The van der Waals surface area contributed by atoms with E-state index >= 15 is 0 Å². The van der Waals surface area contributed by atoms with Gasteiger partial charge in [0, 0.05) is 40.2 Å². The summed E-state index contributed by atoms with van der Waals surface area (Å²) in [7, 11) is 3.46. The summed E-state index contributed by atoms with van der Waals surface area (Å²) in [5.74, 6) is 0. The third-order valence-corrected chi connectivity index (χ3v) is 4.18. The first-order chi connectivity index (χ1) is 15.3. The number of amides is 1. The fraction of sp³-hybridized carbons (Fsp3) is 0.261. The second-order valence-electron chi connectivity index (χ2n) is 6.91. The number of benzene rings is 2. The van der Waals surface area contributed by atoms with Crippen molar-refractivity contribution in [2.45, 2.75) is 20.5 Å². The third-order valence-electron chi connectivity index (χ3n) is 4.18. The van der Waals surface area contributed by atoms with E-state index < -0.39 is 0 Å². The first-order valence-electron chi connectivity index (χ1n) is 9.76. The van der Waals surface area contributed by atoms with Gasteiger partial charge in [0.2, 0.25) is 6.41 Å². The van der Waals surface area contributed by atoms with E-state index in [0.717, 1.165) is 33.9 Å². The Morgan fingerprint density at radius 3 is 2.34 bits per heavy atom. The number of nitrogens with zero attached hydrogens (tertiary/aromatic N) is 4. The number of rotatable bonds is 7. The molecular weight excluding hydrogens is 410 g/mol. The van der Waals surface area contributed by atoms with Crippen LogP contribution in [0, 0.1) is 11.8 Å². The van der Waals surface area contributed by atoms with Crippen molar-refractivity contribution in [3.8, 4) is 0 Å². The average molecular weight is 441 g/mol. The standard InChI is InChI=1S/C10H11NO3.C7H8NO.C6H11N3/c1-8-4-10(11-6-12)3-2-9(8)5-14-7-13;1-8(9)7-5-3-2-4-6-7;1-6(2)9-5-8(3)4-7-9/h2-4,6-7H,5H2,1H3,(H,11,12);2-6H,1H3;4H,1,5H2,2-3H3/q;+1;. The van der Waals surface area contributed by atoms with Gasteiger partial charge in [-0.15, -0.1) is 0 Å². The van der Waals surface area contributed by atoms with E-state index in [1.807, 2.05) is 61.1 Å². The molecule has 0 unspecified atom stereocenters. The molecule has 0 aromatic heterocycles. The highest BCUT2D eigenvalue weighted by atomic mass is 16.5. The Bertz CT molecular complexity index is 931. The lowest BCUT2D eigenvalue weighted by Crippen LogP contribution is -2.21. The summed E-state index contributed by atoms with van der Waals surface area (Å²) >= 11 is 0. The molecule has 0 aliphatic carbocycles. The molecule has 0 saturated carbocycles. The number of aryl methyl sites for hydroxylation is 1. The van der Waals surface area contributed by atoms with Gasteiger partial charge >= 0.3 is 0 Å². The van der Waals surface area contributed by atoms with Crippen molar-refractivity contribution in [2.75, 3.05) is 26.1 Å². The lowest BCUT2D eigenvalue weighted by atomic mass is 10.1. The van der Waals surface area contributed by atoms with Crippen LogP contribution in [-0.2, 0) is 20.9 Å². The van der Waals surface area contributed by atoms with Gasteiger partial charge in [-0.1, -0.05) is 30.8 Å². The number of para-hydroxylation sites is 1. The Hall–Kier alpha value is -4.01. The minimum atomic E-state index is 0.261. The maximum absolute atomic E-state index is 10.6. The molecule has 0 bridgehead atoms. The van der Waals surface area contributed by atoms with Crippen molar-refractivity contribution < 1.29 is 19.1 Å². The average Bonchev–Trinajstić information content (AvgIpc) is 3.22.